The molecule has 6 nitrogen and oxygen atoms in total. The number of benzene rings is 2. The Morgan fingerprint density at radius 1 is 1.10 bits per heavy atom. The van der Waals surface area contributed by atoms with Crippen molar-refractivity contribution in [3.8, 4) is 0 Å². The quantitative estimate of drug-likeness (QED) is 0.711. The molecule has 2 N–H and O–H groups in total. The van der Waals surface area contributed by atoms with E-state index < -0.39 is 27.5 Å². The van der Waals surface area contributed by atoms with Gasteiger partial charge in [-0.2, -0.15) is 0 Å². The summed E-state index contributed by atoms with van der Waals surface area (Å²) in [6.07, 6.45) is 0.715. The largest absolute Gasteiger partial charge is 0.444 e. The molecule has 29 heavy (non-hydrogen) atoms. The van der Waals surface area contributed by atoms with Crippen molar-refractivity contribution in [2.45, 2.75) is 39.5 Å². The summed E-state index contributed by atoms with van der Waals surface area (Å²) in [6.45, 7) is 5.34. The summed E-state index contributed by atoms with van der Waals surface area (Å²) < 4.78 is 45.7. The third-order valence-corrected chi connectivity index (χ3v) is 4.72. The summed E-state index contributed by atoms with van der Waals surface area (Å²) in [5.41, 5.74) is 1.05. The van der Waals surface area contributed by atoms with Gasteiger partial charge in [-0.25, -0.2) is 22.3 Å². The number of hydrogen-bond donors (Lipinski definition) is 2. The van der Waals surface area contributed by atoms with Gasteiger partial charge in [0.25, 0.3) is 0 Å². The lowest BCUT2D eigenvalue weighted by Gasteiger charge is -2.20. The molecule has 0 radical (unpaired) electrons. The predicted octanol–water partition coefficient (Wildman–Crippen LogP) is 3.94. The van der Waals surface area contributed by atoms with Gasteiger partial charge in [0.05, 0.1) is 0 Å². The number of rotatable bonds is 7. The Labute approximate surface area is 170 Å². The fraction of sp³-hybridized carbons (Fsp3) is 0.286. The van der Waals surface area contributed by atoms with E-state index >= 15 is 0 Å². The van der Waals surface area contributed by atoms with Crippen LogP contribution in [-0.2, 0) is 27.8 Å². The third kappa shape index (κ3) is 8.45. The van der Waals surface area contributed by atoms with Crippen LogP contribution in [0.3, 0.4) is 0 Å². The van der Waals surface area contributed by atoms with Crippen LogP contribution in [0.15, 0.2) is 53.9 Å². The number of hydrogen-bond acceptors (Lipinski definition) is 4. The zero-order valence-corrected chi connectivity index (χ0v) is 17.4. The summed E-state index contributed by atoms with van der Waals surface area (Å²) in [6, 6.07) is 13.0. The first-order valence-corrected chi connectivity index (χ1v) is 10.6. The number of ether oxygens (including phenoxy) is 1. The molecule has 0 saturated carbocycles. The Bertz CT molecular complexity index is 968. The van der Waals surface area contributed by atoms with Crippen molar-refractivity contribution in [2.24, 2.45) is 0 Å². The van der Waals surface area contributed by atoms with Crippen LogP contribution in [0.25, 0.3) is 6.08 Å². The van der Waals surface area contributed by atoms with Crippen molar-refractivity contribution in [2.75, 3.05) is 0 Å². The number of carbonyl (C=O) groups is 1. The first-order valence-electron chi connectivity index (χ1n) is 9.01. The van der Waals surface area contributed by atoms with Crippen LogP contribution in [-0.4, -0.2) is 20.1 Å². The fourth-order valence-electron chi connectivity index (χ4n) is 2.36. The minimum atomic E-state index is -3.70. The van der Waals surface area contributed by atoms with Crippen molar-refractivity contribution in [3.63, 3.8) is 0 Å². The summed E-state index contributed by atoms with van der Waals surface area (Å²) in [7, 11) is -3.70. The molecule has 2 aromatic rings. The smallest absolute Gasteiger partial charge is 0.407 e. The van der Waals surface area contributed by atoms with Crippen LogP contribution in [0.5, 0.6) is 0 Å². The van der Waals surface area contributed by atoms with E-state index in [2.05, 4.69) is 10.0 Å². The van der Waals surface area contributed by atoms with Crippen molar-refractivity contribution in [1.82, 2.24) is 10.0 Å². The molecular weight excluding hydrogens is 395 g/mol. The Morgan fingerprint density at radius 2 is 1.79 bits per heavy atom. The van der Waals surface area contributed by atoms with Crippen LogP contribution < -0.4 is 10.0 Å². The highest BCUT2D eigenvalue weighted by Gasteiger charge is 2.16. The molecule has 0 heterocycles. The molecule has 0 aliphatic rings. The maximum atomic E-state index is 13.6. The normalized spacial score (nSPS) is 12.1. The summed E-state index contributed by atoms with van der Waals surface area (Å²) in [4.78, 5) is 11.8. The molecule has 0 saturated heterocycles. The van der Waals surface area contributed by atoms with Gasteiger partial charge in [-0.15, -0.1) is 0 Å². The zero-order valence-electron chi connectivity index (χ0n) is 16.6. The standard InChI is InChI=1S/C21H25FN2O4S/c1-21(2,3)28-20(25)23-15-18-13-19(22)10-9-17(18)11-12-29(26,27)24-14-16-7-5-4-6-8-16/h4-13,24H,14-15H2,1-3H3,(H,23,25)/b12-11+. The second-order valence-electron chi connectivity index (χ2n) is 7.35. The molecule has 0 aliphatic carbocycles. The van der Waals surface area contributed by atoms with Gasteiger partial charge >= 0.3 is 6.09 Å². The Kier molecular flexibility index (Phi) is 7.53. The van der Waals surface area contributed by atoms with Crippen molar-refractivity contribution >= 4 is 22.2 Å². The van der Waals surface area contributed by atoms with Gasteiger partial charge in [-0.3, -0.25) is 0 Å². The second kappa shape index (κ2) is 9.67. The molecule has 0 atom stereocenters. The topological polar surface area (TPSA) is 84.5 Å². The maximum absolute atomic E-state index is 13.6. The Morgan fingerprint density at radius 3 is 2.45 bits per heavy atom. The van der Waals surface area contributed by atoms with Crippen LogP contribution >= 0.6 is 0 Å². The van der Waals surface area contributed by atoms with Gasteiger partial charge in [0, 0.05) is 18.5 Å². The van der Waals surface area contributed by atoms with Crippen molar-refractivity contribution in [1.29, 1.82) is 0 Å². The number of sulfonamides is 1. The molecule has 156 valence electrons. The lowest BCUT2D eigenvalue weighted by molar-refractivity contribution is 0.0523. The number of amides is 1. The van der Waals surface area contributed by atoms with Gasteiger partial charge < -0.3 is 10.1 Å². The zero-order chi connectivity index (χ0) is 21.5. The summed E-state index contributed by atoms with van der Waals surface area (Å²) in [5, 5.41) is 3.55. The number of halogens is 1. The first kappa shape index (κ1) is 22.6. The highest BCUT2D eigenvalue weighted by Crippen LogP contribution is 2.15. The van der Waals surface area contributed by atoms with E-state index in [4.69, 9.17) is 4.74 Å². The number of carbonyl (C=O) groups excluding carboxylic acids is 1. The molecule has 2 rings (SSSR count). The summed E-state index contributed by atoms with van der Waals surface area (Å²) >= 11 is 0. The van der Waals surface area contributed by atoms with Crippen LogP contribution in [0.1, 0.15) is 37.5 Å². The molecule has 0 bridgehead atoms. The molecule has 0 aromatic heterocycles. The average molecular weight is 421 g/mol. The molecule has 0 unspecified atom stereocenters. The van der Waals surface area contributed by atoms with Crippen molar-refractivity contribution in [3.05, 3.63) is 76.4 Å². The Hall–Kier alpha value is -2.71. The minimum absolute atomic E-state index is 0.0101. The molecule has 0 spiro atoms. The fourth-order valence-corrected chi connectivity index (χ4v) is 3.15. The van der Waals surface area contributed by atoms with E-state index in [0.29, 0.717) is 11.1 Å². The van der Waals surface area contributed by atoms with Gasteiger partial charge in [-0.1, -0.05) is 36.4 Å². The monoisotopic (exact) mass is 420 g/mol. The second-order valence-corrected chi connectivity index (χ2v) is 9.00. The first-order chi connectivity index (χ1) is 13.5. The number of nitrogens with one attached hydrogen (secondary N) is 2. The molecule has 8 heteroatoms. The number of alkyl carbamates (subject to hydrolysis) is 1. The lowest BCUT2D eigenvalue weighted by atomic mass is 10.1. The molecule has 1 amide bonds. The van der Waals surface area contributed by atoms with E-state index in [1.807, 2.05) is 30.3 Å². The van der Waals surface area contributed by atoms with E-state index in [1.54, 1.807) is 20.8 Å². The predicted molar refractivity (Wildman–Crippen MR) is 111 cm³/mol. The van der Waals surface area contributed by atoms with Crippen molar-refractivity contribution < 1.29 is 22.3 Å². The van der Waals surface area contributed by atoms with Crippen LogP contribution in [0.4, 0.5) is 9.18 Å². The van der Waals surface area contributed by atoms with E-state index in [1.165, 1.54) is 24.3 Å². The van der Waals surface area contributed by atoms with Gasteiger partial charge in [-0.05, 0) is 55.7 Å². The molecule has 2 aromatic carbocycles. The van der Waals surface area contributed by atoms with E-state index in [9.17, 15) is 17.6 Å². The Balaban J connectivity index is 2.06. The average Bonchev–Trinajstić information content (AvgIpc) is 2.63. The SMILES string of the molecule is CC(C)(C)OC(=O)NCc1cc(F)ccc1/C=C/S(=O)(=O)NCc1ccccc1. The summed E-state index contributed by atoms with van der Waals surface area (Å²) in [5.74, 6) is -0.492. The van der Waals surface area contributed by atoms with E-state index in [0.717, 1.165) is 11.0 Å². The third-order valence-electron chi connectivity index (χ3n) is 3.67. The van der Waals surface area contributed by atoms with Crippen LogP contribution in [0, 0.1) is 5.82 Å². The van der Waals surface area contributed by atoms with E-state index in [-0.39, 0.29) is 13.1 Å². The van der Waals surface area contributed by atoms with Gasteiger partial charge in [0.1, 0.15) is 11.4 Å². The molecular formula is C21H25FN2O4S. The van der Waals surface area contributed by atoms with Gasteiger partial charge in [0.2, 0.25) is 10.0 Å². The van der Waals surface area contributed by atoms with Crippen LogP contribution in [0.2, 0.25) is 0 Å². The lowest BCUT2D eigenvalue weighted by Crippen LogP contribution is -2.32. The molecule has 0 aliphatic heterocycles. The highest BCUT2D eigenvalue weighted by atomic mass is 32.2. The highest BCUT2D eigenvalue weighted by molar-refractivity contribution is 7.92. The van der Waals surface area contributed by atoms with Gasteiger partial charge in [0.15, 0.2) is 0 Å². The minimum Gasteiger partial charge on any atom is -0.444 e. The maximum Gasteiger partial charge on any atom is 0.407 e. The molecule has 0 fully saturated rings.